The number of hydrogen-bond donors (Lipinski definition) is 2. The van der Waals surface area contributed by atoms with Crippen molar-refractivity contribution in [3.05, 3.63) is 48.0 Å². The average molecular weight is 428 g/mol. The highest BCUT2D eigenvalue weighted by Gasteiger charge is 2.21. The molecule has 0 unspecified atom stereocenters. The third-order valence-corrected chi connectivity index (χ3v) is 6.13. The molecule has 0 saturated carbocycles. The molecule has 0 aromatic heterocycles. The SMILES string of the molecule is CN1CCC/C1=N\S(=O)(=O)c1cccc(NC(=O)c2ccc3c(c2)NC(=O)CO3)c1. The Balaban J connectivity index is 1.54. The molecule has 9 nitrogen and oxygen atoms in total. The van der Waals surface area contributed by atoms with Gasteiger partial charge in [-0.15, -0.1) is 4.40 Å². The van der Waals surface area contributed by atoms with Crippen LogP contribution in [0.4, 0.5) is 11.4 Å². The summed E-state index contributed by atoms with van der Waals surface area (Å²) in [6, 6.07) is 10.6. The third kappa shape index (κ3) is 4.13. The lowest BCUT2D eigenvalue weighted by molar-refractivity contribution is -0.118. The zero-order valence-electron chi connectivity index (χ0n) is 16.2. The van der Waals surface area contributed by atoms with Crippen molar-refractivity contribution in [1.82, 2.24) is 4.90 Å². The number of sulfonamides is 1. The number of amidine groups is 1. The van der Waals surface area contributed by atoms with Crippen molar-refractivity contribution in [3.63, 3.8) is 0 Å². The first-order valence-electron chi connectivity index (χ1n) is 9.35. The van der Waals surface area contributed by atoms with E-state index < -0.39 is 15.9 Å². The summed E-state index contributed by atoms with van der Waals surface area (Å²) in [4.78, 5) is 25.9. The van der Waals surface area contributed by atoms with Gasteiger partial charge in [-0.3, -0.25) is 9.59 Å². The summed E-state index contributed by atoms with van der Waals surface area (Å²) in [7, 11) is -2.08. The number of benzene rings is 2. The molecule has 1 saturated heterocycles. The van der Waals surface area contributed by atoms with Crippen molar-refractivity contribution >= 4 is 39.0 Å². The minimum atomic E-state index is -3.89. The molecule has 0 spiro atoms. The van der Waals surface area contributed by atoms with E-state index in [-0.39, 0.29) is 17.4 Å². The van der Waals surface area contributed by atoms with Crippen LogP contribution in [0.15, 0.2) is 51.8 Å². The number of likely N-dealkylation sites (tertiary alicyclic amines) is 1. The molecule has 2 aromatic carbocycles. The second-order valence-electron chi connectivity index (χ2n) is 7.04. The Morgan fingerprint density at radius 2 is 2.07 bits per heavy atom. The van der Waals surface area contributed by atoms with E-state index in [0.29, 0.717) is 34.9 Å². The van der Waals surface area contributed by atoms with E-state index in [9.17, 15) is 18.0 Å². The summed E-state index contributed by atoms with van der Waals surface area (Å²) in [6.07, 6.45) is 1.48. The van der Waals surface area contributed by atoms with Gasteiger partial charge in [0, 0.05) is 31.3 Å². The average Bonchev–Trinajstić information content (AvgIpc) is 3.11. The third-order valence-electron chi connectivity index (χ3n) is 4.82. The van der Waals surface area contributed by atoms with E-state index in [0.717, 1.165) is 13.0 Å². The van der Waals surface area contributed by atoms with Gasteiger partial charge in [-0.25, -0.2) is 0 Å². The van der Waals surface area contributed by atoms with E-state index in [1.54, 1.807) is 24.3 Å². The molecule has 2 amide bonds. The number of rotatable bonds is 4. The number of carbonyl (C=O) groups excluding carboxylic acids is 2. The number of anilines is 2. The Kier molecular flexibility index (Phi) is 5.17. The molecule has 30 heavy (non-hydrogen) atoms. The van der Waals surface area contributed by atoms with Crippen molar-refractivity contribution in [2.24, 2.45) is 4.40 Å². The summed E-state index contributed by atoms with van der Waals surface area (Å²) in [5.41, 5.74) is 1.02. The van der Waals surface area contributed by atoms with Crippen LogP contribution in [0, 0.1) is 0 Å². The molecule has 0 radical (unpaired) electrons. The fraction of sp³-hybridized carbons (Fsp3) is 0.250. The van der Waals surface area contributed by atoms with Gasteiger partial charge in [0.25, 0.3) is 21.8 Å². The first-order valence-corrected chi connectivity index (χ1v) is 10.8. The lowest BCUT2D eigenvalue weighted by Gasteiger charge is -2.18. The molecule has 1 fully saturated rings. The molecular formula is C20H20N4O5S. The molecule has 2 heterocycles. The normalized spacial score (nSPS) is 17.3. The quantitative estimate of drug-likeness (QED) is 0.770. The van der Waals surface area contributed by atoms with Crippen LogP contribution < -0.4 is 15.4 Å². The molecule has 156 valence electrons. The number of nitrogens with one attached hydrogen (secondary N) is 2. The van der Waals surface area contributed by atoms with E-state index in [1.165, 1.54) is 18.2 Å². The largest absolute Gasteiger partial charge is 0.482 e. The Labute approximate surface area is 173 Å². The number of fused-ring (bicyclic) bond motifs is 1. The lowest BCUT2D eigenvalue weighted by atomic mass is 10.1. The minimum absolute atomic E-state index is 0.000737. The molecule has 0 bridgehead atoms. The number of nitrogens with zero attached hydrogens (tertiary/aromatic N) is 2. The van der Waals surface area contributed by atoms with Gasteiger partial charge in [0.2, 0.25) is 0 Å². The first kappa shape index (κ1) is 19.9. The van der Waals surface area contributed by atoms with Crippen LogP contribution in [0.3, 0.4) is 0 Å². The fourth-order valence-electron chi connectivity index (χ4n) is 3.26. The number of carbonyl (C=O) groups is 2. The fourth-order valence-corrected chi connectivity index (χ4v) is 4.40. The molecular weight excluding hydrogens is 408 g/mol. The number of amides is 2. The summed E-state index contributed by atoms with van der Waals surface area (Å²) in [5.74, 6) is 0.263. The highest BCUT2D eigenvalue weighted by Crippen LogP contribution is 2.29. The van der Waals surface area contributed by atoms with E-state index in [4.69, 9.17) is 4.74 Å². The van der Waals surface area contributed by atoms with Crippen molar-refractivity contribution in [2.75, 3.05) is 30.8 Å². The van der Waals surface area contributed by atoms with Gasteiger partial charge in [-0.05, 0) is 42.8 Å². The summed E-state index contributed by atoms with van der Waals surface area (Å²) >= 11 is 0. The smallest absolute Gasteiger partial charge is 0.284 e. The van der Waals surface area contributed by atoms with Crippen molar-refractivity contribution < 1.29 is 22.7 Å². The van der Waals surface area contributed by atoms with Gasteiger partial charge in [0.05, 0.1) is 10.6 Å². The second kappa shape index (κ2) is 7.79. The highest BCUT2D eigenvalue weighted by molar-refractivity contribution is 7.90. The molecule has 4 rings (SSSR count). The van der Waals surface area contributed by atoms with Gasteiger partial charge in [0.15, 0.2) is 6.61 Å². The van der Waals surface area contributed by atoms with E-state index in [1.807, 2.05) is 11.9 Å². The van der Waals surface area contributed by atoms with Crippen LogP contribution in [0.1, 0.15) is 23.2 Å². The molecule has 2 aliphatic heterocycles. The van der Waals surface area contributed by atoms with E-state index in [2.05, 4.69) is 15.0 Å². The molecule has 2 aliphatic rings. The Morgan fingerprint density at radius 3 is 2.83 bits per heavy atom. The topological polar surface area (TPSA) is 117 Å². The van der Waals surface area contributed by atoms with Crippen LogP contribution in [-0.2, 0) is 14.8 Å². The Hall–Kier alpha value is -3.40. The molecule has 0 atom stereocenters. The minimum Gasteiger partial charge on any atom is -0.482 e. The van der Waals surface area contributed by atoms with Crippen molar-refractivity contribution in [3.8, 4) is 5.75 Å². The maximum absolute atomic E-state index is 12.7. The number of hydrogen-bond acceptors (Lipinski definition) is 5. The predicted octanol–water partition coefficient (Wildman–Crippen LogP) is 2.08. The van der Waals surface area contributed by atoms with Crippen LogP contribution in [0.25, 0.3) is 0 Å². The number of ether oxygens (including phenoxy) is 1. The first-order chi connectivity index (χ1) is 14.3. The molecule has 10 heteroatoms. The maximum atomic E-state index is 12.7. The summed E-state index contributed by atoms with van der Waals surface area (Å²) in [6.45, 7) is 0.705. The zero-order chi connectivity index (χ0) is 21.3. The van der Waals surface area contributed by atoms with Crippen LogP contribution in [0.5, 0.6) is 5.75 Å². The van der Waals surface area contributed by atoms with Gasteiger partial charge in [-0.2, -0.15) is 8.42 Å². The Bertz CT molecular complexity index is 1160. The zero-order valence-corrected chi connectivity index (χ0v) is 17.0. The summed E-state index contributed by atoms with van der Waals surface area (Å²) in [5, 5.41) is 5.32. The standard InChI is InChI=1S/C20H20N4O5S/c1-24-9-3-6-18(24)23-30(27,28)15-5-2-4-14(11-15)21-20(26)13-7-8-17-16(10-13)22-19(25)12-29-17/h2,4-5,7-8,10-11H,3,6,9,12H2,1H3,(H,21,26)(H,22,25)/b23-18+. The highest BCUT2D eigenvalue weighted by atomic mass is 32.2. The summed E-state index contributed by atoms with van der Waals surface area (Å²) < 4.78 is 34.5. The predicted molar refractivity (Wildman–Crippen MR) is 111 cm³/mol. The van der Waals surface area contributed by atoms with Crippen LogP contribution in [0.2, 0.25) is 0 Å². The Morgan fingerprint density at radius 1 is 1.23 bits per heavy atom. The second-order valence-corrected chi connectivity index (χ2v) is 8.64. The van der Waals surface area contributed by atoms with Crippen LogP contribution >= 0.6 is 0 Å². The molecule has 2 N–H and O–H groups in total. The van der Waals surface area contributed by atoms with Crippen LogP contribution in [-0.4, -0.2) is 51.2 Å². The van der Waals surface area contributed by atoms with Crippen molar-refractivity contribution in [2.45, 2.75) is 17.7 Å². The maximum Gasteiger partial charge on any atom is 0.284 e. The monoisotopic (exact) mass is 428 g/mol. The van der Waals surface area contributed by atoms with Gasteiger partial charge >= 0.3 is 0 Å². The van der Waals surface area contributed by atoms with Crippen molar-refractivity contribution in [1.29, 1.82) is 0 Å². The molecule has 2 aromatic rings. The van der Waals surface area contributed by atoms with Gasteiger partial charge in [-0.1, -0.05) is 6.07 Å². The van der Waals surface area contributed by atoms with Gasteiger partial charge < -0.3 is 20.3 Å². The lowest BCUT2D eigenvalue weighted by Crippen LogP contribution is -2.25. The van der Waals surface area contributed by atoms with E-state index >= 15 is 0 Å². The van der Waals surface area contributed by atoms with Gasteiger partial charge in [0.1, 0.15) is 11.6 Å². The molecule has 0 aliphatic carbocycles.